The zero-order valence-electron chi connectivity index (χ0n) is 21.8. The first-order chi connectivity index (χ1) is 20.4. The minimum absolute atomic E-state index is 0.105. The molecule has 6 nitrogen and oxygen atoms in total. The van der Waals surface area contributed by atoms with Crippen LogP contribution in [0.25, 0.3) is 21.5 Å². The molecule has 0 radical (unpaired) electrons. The molecule has 0 aromatic heterocycles. The van der Waals surface area contributed by atoms with E-state index in [4.69, 9.17) is 9.23 Å². The summed E-state index contributed by atoms with van der Waals surface area (Å²) in [5.74, 6) is 0.859. The summed E-state index contributed by atoms with van der Waals surface area (Å²) in [6.07, 6.45) is 0. The molecule has 0 N–H and O–H groups in total. The zero-order chi connectivity index (χ0) is 26.4. The van der Waals surface area contributed by atoms with E-state index in [-0.39, 0.29) is 14.2 Å². The number of fused-ring (bicyclic) bond motifs is 10. The first-order valence-corrected chi connectivity index (χ1v) is 14.1. The lowest BCUT2D eigenvalue weighted by molar-refractivity contribution is 0.426. The Morgan fingerprint density at radius 2 is 1.00 bits per heavy atom. The lowest BCUT2D eigenvalue weighted by Gasteiger charge is -2.52. The van der Waals surface area contributed by atoms with E-state index < -0.39 is 7.25 Å². The predicted octanol–water partition coefficient (Wildman–Crippen LogP) is 6.34. The monoisotopic (exact) mass is 524 g/mol. The van der Waals surface area contributed by atoms with Crippen molar-refractivity contribution in [1.82, 2.24) is 0 Å². The second-order valence-corrected chi connectivity index (χ2v) is 11.3. The van der Waals surface area contributed by atoms with Gasteiger partial charge in [0.2, 0.25) is 0 Å². The van der Waals surface area contributed by atoms with Crippen molar-refractivity contribution in [2.45, 2.75) is 0 Å². The molecule has 0 fully saturated rings. The highest BCUT2D eigenvalue weighted by Crippen LogP contribution is 2.56. The van der Waals surface area contributed by atoms with E-state index in [1.807, 2.05) is 6.07 Å². The highest BCUT2D eigenvalue weighted by molar-refractivity contribution is 6.99. The third kappa shape index (κ3) is 2.33. The van der Waals surface area contributed by atoms with Gasteiger partial charge in [0, 0.05) is 50.4 Å². The third-order valence-corrected chi connectivity index (χ3v) is 9.38. The van der Waals surface area contributed by atoms with E-state index in [0.717, 1.165) is 44.7 Å². The Morgan fingerprint density at radius 1 is 0.463 bits per heavy atom. The summed E-state index contributed by atoms with van der Waals surface area (Å²) in [6.45, 7) is 0. The van der Waals surface area contributed by atoms with Crippen LogP contribution >= 0.6 is 0 Å². The Morgan fingerprint density at radius 3 is 1.76 bits per heavy atom. The molecule has 9 heteroatoms. The molecule has 11 rings (SSSR count). The van der Waals surface area contributed by atoms with Gasteiger partial charge in [0.1, 0.15) is 5.75 Å². The van der Waals surface area contributed by atoms with Crippen molar-refractivity contribution < 1.29 is 9.23 Å². The first-order valence-electron chi connectivity index (χ1n) is 14.1. The fraction of sp³-hybridized carbons (Fsp3) is 0. The summed E-state index contributed by atoms with van der Waals surface area (Å²) >= 11 is 0. The normalized spacial score (nSPS) is 16.5. The largest absolute Gasteiger partial charge is 0.656 e. The third-order valence-electron chi connectivity index (χ3n) is 9.38. The fourth-order valence-electron chi connectivity index (χ4n) is 7.87. The number of hydrogen-bond donors (Lipinski definition) is 0. The summed E-state index contributed by atoms with van der Waals surface area (Å²) in [4.78, 5) is 7.23. The van der Waals surface area contributed by atoms with Crippen molar-refractivity contribution >= 4 is 88.2 Å². The molecule has 0 unspecified atom stereocenters. The van der Waals surface area contributed by atoms with Crippen LogP contribution in [-0.2, 0) is 4.57 Å². The molecular formula is C32H19B3N4O2. The highest BCUT2D eigenvalue weighted by atomic mass is 16.6. The molecule has 6 aromatic carbocycles. The predicted molar refractivity (Wildman–Crippen MR) is 168 cm³/mol. The Balaban J connectivity index is 1.25. The lowest BCUT2D eigenvalue weighted by atomic mass is 9.54. The van der Waals surface area contributed by atoms with Gasteiger partial charge in [-0.2, -0.15) is 0 Å². The summed E-state index contributed by atoms with van der Waals surface area (Å²) in [6, 6.07) is 41.3. The van der Waals surface area contributed by atoms with Gasteiger partial charge in [-0.1, -0.05) is 66.7 Å². The van der Waals surface area contributed by atoms with Crippen LogP contribution in [0.5, 0.6) is 5.75 Å². The van der Waals surface area contributed by atoms with Crippen LogP contribution in [0.1, 0.15) is 0 Å². The van der Waals surface area contributed by atoms with Crippen molar-refractivity contribution in [2.75, 3.05) is 19.2 Å². The molecule has 5 aliphatic rings. The van der Waals surface area contributed by atoms with Crippen molar-refractivity contribution in [1.29, 1.82) is 0 Å². The van der Waals surface area contributed by atoms with Crippen LogP contribution < -0.4 is 29.3 Å². The maximum Gasteiger partial charge on any atom is 0.656 e. The van der Waals surface area contributed by atoms with Crippen molar-refractivity contribution in [3.8, 4) is 5.75 Å². The van der Waals surface area contributed by atoms with Gasteiger partial charge in [-0.25, -0.2) is 0 Å². The number of anilines is 7. The molecular weight excluding hydrogens is 505 g/mol. The zero-order valence-corrected chi connectivity index (χ0v) is 21.8. The molecule has 0 bridgehead atoms. The van der Waals surface area contributed by atoms with E-state index in [9.17, 15) is 0 Å². The quantitative estimate of drug-likeness (QED) is 0.216. The Kier molecular flexibility index (Phi) is 3.56. The van der Waals surface area contributed by atoms with Gasteiger partial charge in [-0.15, -0.1) is 0 Å². The van der Waals surface area contributed by atoms with E-state index in [2.05, 4.69) is 128 Å². The molecule has 0 atom stereocenters. The second kappa shape index (κ2) is 7.00. The van der Waals surface area contributed by atoms with Crippen LogP contribution in [0.4, 0.5) is 39.8 Å². The van der Waals surface area contributed by atoms with E-state index in [1.165, 1.54) is 27.8 Å². The van der Waals surface area contributed by atoms with Gasteiger partial charge in [-0.3, -0.25) is 0 Å². The molecule has 0 amide bonds. The SMILES string of the molecule is c1ccc2c(c1)N1B3OB4Oc5cccc6cccc(c56)N4c4cccc(c43)N3B1N2c1cccc2cccc3c12. The Bertz CT molecular complexity index is 2150. The van der Waals surface area contributed by atoms with Crippen LogP contribution in [0, 0.1) is 0 Å². The van der Waals surface area contributed by atoms with Crippen molar-refractivity contribution in [3.05, 3.63) is 115 Å². The average molecular weight is 524 g/mol. The molecule has 188 valence electrons. The second-order valence-electron chi connectivity index (χ2n) is 11.3. The van der Waals surface area contributed by atoms with Gasteiger partial charge in [0.25, 0.3) is 0 Å². The number of para-hydroxylation sites is 2. The van der Waals surface area contributed by atoms with Gasteiger partial charge in [0.15, 0.2) is 0 Å². The maximum atomic E-state index is 7.06. The van der Waals surface area contributed by atoms with Gasteiger partial charge in [0.05, 0.1) is 5.69 Å². The Hall–Kier alpha value is -5.01. The summed E-state index contributed by atoms with van der Waals surface area (Å²) < 4.78 is 16.1. The van der Waals surface area contributed by atoms with Gasteiger partial charge in [-0.05, 0) is 59.3 Å². The summed E-state index contributed by atoms with van der Waals surface area (Å²) in [5.41, 5.74) is 9.33. The number of rotatable bonds is 0. The van der Waals surface area contributed by atoms with Crippen molar-refractivity contribution in [3.63, 3.8) is 0 Å². The van der Waals surface area contributed by atoms with Gasteiger partial charge < -0.3 is 28.4 Å². The first kappa shape index (κ1) is 20.8. The lowest BCUT2D eigenvalue weighted by Crippen LogP contribution is -2.75. The fourth-order valence-corrected chi connectivity index (χ4v) is 7.87. The van der Waals surface area contributed by atoms with E-state index in [0.29, 0.717) is 0 Å². The van der Waals surface area contributed by atoms with Crippen LogP contribution in [0.3, 0.4) is 0 Å². The number of nitrogens with zero attached hydrogens (tertiary/aromatic N) is 4. The molecule has 0 saturated heterocycles. The molecule has 0 aliphatic carbocycles. The maximum absolute atomic E-state index is 7.06. The summed E-state index contributed by atoms with van der Waals surface area (Å²) in [5, 5.41) is 4.79. The summed E-state index contributed by atoms with van der Waals surface area (Å²) in [7, 11) is -1.02. The van der Waals surface area contributed by atoms with Crippen LogP contribution in [0.15, 0.2) is 115 Å². The minimum atomic E-state index is -0.588. The molecule has 5 aliphatic heterocycles. The topological polar surface area (TPSA) is 31.4 Å². The minimum Gasteiger partial charge on any atom is -0.517 e. The average Bonchev–Trinajstić information content (AvgIpc) is 3.36. The smallest absolute Gasteiger partial charge is 0.517 e. The number of hydrogen-bond acceptors (Lipinski definition) is 6. The molecule has 41 heavy (non-hydrogen) atoms. The van der Waals surface area contributed by atoms with Gasteiger partial charge >= 0.3 is 21.4 Å². The molecule has 6 aromatic rings. The van der Waals surface area contributed by atoms with Crippen LogP contribution in [0.2, 0.25) is 0 Å². The number of benzene rings is 6. The van der Waals surface area contributed by atoms with E-state index >= 15 is 0 Å². The Labute approximate surface area is 237 Å². The van der Waals surface area contributed by atoms with Crippen LogP contribution in [-0.4, -0.2) is 21.4 Å². The molecule has 0 spiro atoms. The van der Waals surface area contributed by atoms with E-state index in [1.54, 1.807) is 0 Å². The van der Waals surface area contributed by atoms with Crippen molar-refractivity contribution in [2.24, 2.45) is 0 Å². The standard InChI is InChI=1S/C32H19B3N4O2/c1-2-13-23-22(12-1)36-24-14-3-8-20-9-4-15-25(30(20)24)37-27-17-7-18-28-32(27)33(39(23)34(36)37)41-35-38(28)26-16-5-10-21-11-6-19-29(40-35)31(21)26/h1-19H. The highest BCUT2D eigenvalue weighted by Gasteiger charge is 2.62. The molecule has 0 saturated carbocycles. The molecule has 5 heterocycles.